The molecule has 29 heavy (non-hydrogen) atoms. The maximum atomic E-state index is 14.6. The quantitative estimate of drug-likeness (QED) is 0.715. The summed E-state index contributed by atoms with van der Waals surface area (Å²) in [5, 5.41) is 2.71. The number of hydrogen-bond acceptors (Lipinski definition) is 7. The molecule has 0 saturated carbocycles. The fourth-order valence-corrected chi connectivity index (χ4v) is 2.82. The van der Waals surface area contributed by atoms with Gasteiger partial charge in [0, 0.05) is 12.6 Å². The monoisotopic (exact) mass is 401 g/mol. The lowest BCUT2D eigenvalue weighted by Gasteiger charge is -2.14. The van der Waals surface area contributed by atoms with Gasteiger partial charge >= 0.3 is 12.1 Å². The Labute approximate surface area is 166 Å². The number of anilines is 3. The van der Waals surface area contributed by atoms with Crippen molar-refractivity contribution in [1.29, 1.82) is 0 Å². The van der Waals surface area contributed by atoms with Crippen molar-refractivity contribution in [3.63, 3.8) is 0 Å². The summed E-state index contributed by atoms with van der Waals surface area (Å²) in [4.78, 5) is 37.3. The van der Waals surface area contributed by atoms with Gasteiger partial charge in [-0.25, -0.2) is 14.0 Å². The Morgan fingerprint density at radius 3 is 2.72 bits per heavy atom. The molecule has 2 aromatic rings. The number of nitrogens with zero attached hydrogens (tertiary/aromatic N) is 1. The number of rotatable bonds is 6. The average molecular weight is 401 g/mol. The van der Waals surface area contributed by atoms with Crippen LogP contribution in [0.15, 0.2) is 47.3 Å². The molecule has 0 spiro atoms. The number of nitrogens with one attached hydrogen (secondary N) is 1. The molecular formula is C20H20FN3O5. The van der Waals surface area contributed by atoms with E-state index < -0.39 is 29.4 Å². The summed E-state index contributed by atoms with van der Waals surface area (Å²) in [6.45, 7) is 2.26. The number of benzene rings is 1. The van der Waals surface area contributed by atoms with Gasteiger partial charge in [-0.3, -0.25) is 9.69 Å². The largest absolute Gasteiger partial charge is 0.462 e. The highest BCUT2D eigenvalue weighted by molar-refractivity contribution is 5.90. The van der Waals surface area contributed by atoms with Crippen LogP contribution in [0.25, 0.3) is 0 Å². The summed E-state index contributed by atoms with van der Waals surface area (Å²) in [5.74, 6) is -1.28. The van der Waals surface area contributed by atoms with E-state index in [2.05, 4.69) is 5.32 Å². The third-order valence-corrected chi connectivity index (χ3v) is 4.27. The van der Waals surface area contributed by atoms with Crippen molar-refractivity contribution in [3.05, 3.63) is 64.1 Å². The van der Waals surface area contributed by atoms with E-state index >= 15 is 0 Å². The van der Waals surface area contributed by atoms with Crippen LogP contribution < -0.4 is 21.4 Å². The van der Waals surface area contributed by atoms with E-state index in [0.29, 0.717) is 5.69 Å². The smallest absolute Gasteiger partial charge is 0.414 e. The molecule has 3 N–H and O–H groups in total. The molecule has 1 atom stereocenters. The first-order chi connectivity index (χ1) is 13.9. The maximum Gasteiger partial charge on any atom is 0.414 e. The summed E-state index contributed by atoms with van der Waals surface area (Å²) in [5.41, 5.74) is 5.53. The van der Waals surface area contributed by atoms with E-state index in [4.69, 9.17) is 15.2 Å². The van der Waals surface area contributed by atoms with Gasteiger partial charge in [0.15, 0.2) is 0 Å². The molecule has 0 radical (unpaired) electrons. The summed E-state index contributed by atoms with van der Waals surface area (Å²) in [7, 11) is 0. The third-order valence-electron chi connectivity index (χ3n) is 4.27. The van der Waals surface area contributed by atoms with Crippen molar-refractivity contribution >= 4 is 29.1 Å². The second-order valence-corrected chi connectivity index (χ2v) is 6.27. The lowest BCUT2D eigenvalue weighted by atomic mass is 10.2. The van der Waals surface area contributed by atoms with Gasteiger partial charge in [-0.15, -0.1) is 0 Å². The van der Waals surface area contributed by atoms with E-state index in [9.17, 15) is 18.8 Å². The number of nitrogens with two attached hydrogens (primary N) is 1. The molecule has 1 aliphatic rings. The molecular weight excluding hydrogens is 381 g/mol. The van der Waals surface area contributed by atoms with Gasteiger partial charge in [0.1, 0.15) is 11.9 Å². The molecule has 9 heteroatoms. The molecule has 0 bridgehead atoms. The van der Waals surface area contributed by atoms with Crippen LogP contribution in [0.1, 0.15) is 17.3 Å². The molecule has 2 aromatic carbocycles. The highest BCUT2D eigenvalue weighted by atomic mass is 19.1. The Morgan fingerprint density at radius 2 is 2.07 bits per heavy atom. The molecule has 0 aromatic heterocycles. The fraction of sp³-hybridized carbons (Fsp3) is 0.250. The molecule has 1 amide bonds. The number of carbonyl (C=O) groups is 2. The first-order valence-corrected chi connectivity index (χ1v) is 8.99. The van der Waals surface area contributed by atoms with Crippen LogP contribution in [-0.2, 0) is 9.47 Å². The van der Waals surface area contributed by atoms with Gasteiger partial charge in [0.25, 0.3) is 0 Å². The molecule has 1 aliphatic heterocycles. The predicted octanol–water partition coefficient (Wildman–Crippen LogP) is 2.39. The van der Waals surface area contributed by atoms with E-state index in [1.807, 2.05) is 0 Å². The second kappa shape index (κ2) is 8.70. The number of esters is 1. The summed E-state index contributed by atoms with van der Waals surface area (Å²) >= 11 is 0. The topological polar surface area (TPSA) is 111 Å². The van der Waals surface area contributed by atoms with Crippen molar-refractivity contribution in [2.45, 2.75) is 13.0 Å². The van der Waals surface area contributed by atoms with Crippen LogP contribution >= 0.6 is 0 Å². The summed E-state index contributed by atoms with van der Waals surface area (Å²) in [6.07, 6.45) is -1.03. The number of carbonyl (C=O) groups excluding carboxylic acids is 2. The highest BCUT2D eigenvalue weighted by Gasteiger charge is 2.31. The van der Waals surface area contributed by atoms with E-state index in [0.717, 1.165) is 6.07 Å². The molecule has 152 valence electrons. The van der Waals surface area contributed by atoms with Gasteiger partial charge in [-0.1, -0.05) is 6.07 Å². The van der Waals surface area contributed by atoms with Gasteiger partial charge in [0.05, 0.1) is 35.8 Å². The molecule has 1 heterocycles. The minimum Gasteiger partial charge on any atom is -0.462 e. The van der Waals surface area contributed by atoms with Crippen molar-refractivity contribution in [3.8, 4) is 0 Å². The van der Waals surface area contributed by atoms with Gasteiger partial charge in [-0.05, 0) is 37.3 Å². The summed E-state index contributed by atoms with van der Waals surface area (Å²) in [6, 6.07) is 9.60. The first-order valence-electron chi connectivity index (χ1n) is 8.99. The van der Waals surface area contributed by atoms with Crippen LogP contribution in [0.3, 0.4) is 0 Å². The van der Waals surface area contributed by atoms with Gasteiger partial charge in [-0.2, -0.15) is 0 Å². The normalized spacial score (nSPS) is 15.8. The van der Waals surface area contributed by atoms with Crippen LogP contribution in [0, 0.1) is 5.82 Å². The van der Waals surface area contributed by atoms with Crippen LogP contribution in [-0.4, -0.2) is 37.9 Å². The zero-order valence-electron chi connectivity index (χ0n) is 15.7. The minimum absolute atomic E-state index is 0.0395. The highest BCUT2D eigenvalue weighted by Crippen LogP contribution is 2.27. The number of amides is 1. The van der Waals surface area contributed by atoms with Crippen LogP contribution in [0.5, 0.6) is 0 Å². The average Bonchev–Trinajstić information content (AvgIpc) is 2.98. The molecule has 0 aliphatic carbocycles. The Kier molecular flexibility index (Phi) is 6.08. The zero-order chi connectivity index (χ0) is 21.0. The number of halogens is 1. The standard InChI is InChI=1S/C20H20FN3O5/c1-2-28-19(26)12-4-3-5-17(18(25)8-12)23-16-7-6-13(9-15(16)21)24-11-14(10-22)29-20(24)27/h3-9,14H,2,10-11,22H2,1H3,(H,23,25)/t14-/m0/s1. The molecule has 3 rings (SSSR count). The maximum absolute atomic E-state index is 14.6. The molecule has 1 fully saturated rings. The van der Waals surface area contributed by atoms with Gasteiger partial charge in [0.2, 0.25) is 5.43 Å². The van der Waals surface area contributed by atoms with Crippen molar-refractivity contribution in [2.75, 3.05) is 29.9 Å². The number of ether oxygens (including phenoxy) is 2. The SMILES string of the molecule is CCOC(=O)c1cccc(Nc2ccc(N3C[C@H](CN)OC3=O)cc2F)c(=O)c1. The fourth-order valence-electron chi connectivity index (χ4n) is 2.82. The number of cyclic esters (lactones) is 1. The van der Waals surface area contributed by atoms with Crippen molar-refractivity contribution in [2.24, 2.45) is 5.73 Å². The second-order valence-electron chi connectivity index (χ2n) is 6.27. The molecule has 1 saturated heterocycles. The predicted molar refractivity (Wildman–Crippen MR) is 105 cm³/mol. The van der Waals surface area contributed by atoms with E-state index in [-0.39, 0.29) is 36.6 Å². The first kappa shape index (κ1) is 20.3. The van der Waals surface area contributed by atoms with Crippen LogP contribution in [0.2, 0.25) is 0 Å². The van der Waals surface area contributed by atoms with Crippen molar-refractivity contribution in [1.82, 2.24) is 0 Å². The van der Waals surface area contributed by atoms with E-state index in [1.54, 1.807) is 6.92 Å². The lowest BCUT2D eigenvalue weighted by Crippen LogP contribution is -2.27. The Hall–Kier alpha value is -3.46. The minimum atomic E-state index is -0.664. The Morgan fingerprint density at radius 1 is 1.28 bits per heavy atom. The lowest BCUT2D eigenvalue weighted by molar-refractivity contribution is 0.0526. The Bertz CT molecular complexity index is 998. The third kappa shape index (κ3) is 4.52. The van der Waals surface area contributed by atoms with Gasteiger partial charge < -0.3 is 20.5 Å². The summed E-state index contributed by atoms with van der Waals surface area (Å²) < 4.78 is 24.5. The van der Waals surface area contributed by atoms with Crippen LogP contribution in [0.4, 0.5) is 26.2 Å². The molecule has 0 unspecified atom stereocenters. The number of hydrogen-bond donors (Lipinski definition) is 2. The van der Waals surface area contributed by atoms with E-state index in [1.165, 1.54) is 41.3 Å². The molecule has 8 nitrogen and oxygen atoms in total. The van der Waals surface area contributed by atoms with Crippen molar-refractivity contribution < 1.29 is 23.5 Å². The zero-order valence-corrected chi connectivity index (χ0v) is 15.7. The Balaban J connectivity index is 1.82.